The largest absolute Gasteiger partial charge is 0.115 e. The molecule has 0 saturated carbocycles. The monoisotopic (exact) mass is 414 g/mol. The summed E-state index contributed by atoms with van der Waals surface area (Å²) in [4.78, 5) is 0. The van der Waals surface area contributed by atoms with Crippen molar-refractivity contribution < 1.29 is 0 Å². The van der Waals surface area contributed by atoms with Crippen molar-refractivity contribution in [3.8, 4) is 0 Å². The molecule has 0 aromatic heterocycles. The van der Waals surface area contributed by atoms with Gasteiger partial charge in [-0.1, -0.05) is 134 Å². The number of hydrogen-bond acceptors (Lipinski definition) is 0. The molecule has 0 fully saturated rings. The molecule has 150 valence electrons. The van der Waals surface area contributed by atoms with Gasteiger partial charge in [-0.2, -0.15) is 0 Å². The van der Waals surface area contributed by atoms with Crippen LogP contribution in [0.3, 0.4) is 0 Å². The summed E-state index contributed by atoms with van der Waals surface area (Å²) in [6, 6.07) is 43.9. The molecule has 4 aromatic carbocycles. The second-order valence-corrected chi connectivity index (χ2v) is 12.8. The quantitative estimate of drug-likeness (QED) is 0.297. The first-order valence-electron chi connectivity index (χ1n) is 10.9. The predicted molar refractivity (Wildman–Crippen MR) is 137 cm³/mol. The van der Waals surface area contributed by atoms with E-state index in [1.165, 1.54) is 43.8 Å². The van der Waals surface area contributed by atoms with Crippen LogP contribution in [0.2, 0.25) is 13.1 Å². The molecule has 4 aromatic rings. The first-order valence-corrected chi connectivity index (χ1v) is 13.9. The SMILES string of the molecule is C[Si]1(C)C(c2ccccc2)=C(c2ccccc2)C(c2ccccc2)=C1c1ccccc1. The molecule has 0 bridgehead atoms. The molecule has 1 aliphatic heterocycles. The van der Waals surface area contributed by atoms with Crippen LogP contribution in [-0.4, -0.2) is 8.07 Å². The fourth-order valence-corrected chi connectivity index (χ4v) is 8.82. The Hall–Kier alpha value is -3.42. The van der Waals surface area contributed by atoms with Crippen LogP contribution < -0.4 is 0 Å². The molecule has 1 heterocycles. The van der Waals surface area contributed by atoms with Crippen LogP contribution in [0.4, 0.5) is 0 Å². The second kappa shape index (κ2) is 8.01. The molecular formula is C30H26Si. The average molecular weight is 415 g/mol. The molecule has 0 unspecified atom stereocenters. The van der Waals surface area contributed by atoms with E-state index in [1.54, 1.807) is 0 Å². The summed E-state index contributed by atoms with van der Waals surface area (Å²) in [6.45, 7) is 5.02. The Kier molecular flexibility index (Phi) is 5.05. The zero-order valence-electron chi connectivity index (χ0n) is 18.0. The minimum Gasteiger partial charge on any atom is -0.0622 e. The Labute approximate surface area is 186 Å². The van der Waals surface area contributed by atoms with Gasteiger partial charge in [0.05, 0.1) is 0 Å². The Balaban J connectivity index is 1.92. The van der Waals surface area contributed by atoms with E-state index in [0.29, 0.717) is 0 Å². The van der Waals surface area contributed by atoms with Crippen LogP contribution in [0.15, 0.2) is 121 Å². The van der Waals surface area contributed by atoms with Crippen LogP contribution in [-0.2, 0) is 0 Å². The van der Waals surface area contributed by atoms with E-state index >= 15 is 0 Å². The summed E-state index contributed by atoms with van der Waals surface area (Å²) in [6.07, 6.45) is 0. The van der Waals surface area contributed by atoms with Gasteiger partial charge in [-0.25, -0.2) is 0 Å². The minimum atomic E-state index is -2.01. The molecule has 1 aliphatic rings. The maximum absolute atomic E-state index is 2.51. The van der Waals surface area contributed by atoms with Crippen LogP contribution in [0.5, 0.6) is 0 Å². The highest BCUT2D eigenvalue weighted by molar-refractivity contribution is 7.13. The van der Waals surface area contributed by atoms with Gasteiger partial charge >= 0.3 is 0 Å². The molecule has 0 amide bonds. The molecule has 1 heteroatoms. The fraction of sp³-hybridized carbons (Fsp3) is 0.0667. The van der Waals surface area contributed by atoms with E-state index in [9.17, 15) is 0 Å². The Morgan fingerprint density at radius 3 is 0.903 bits per heavy atom. The summed E-state index contributed by atoms with van der Waals surface area (Å²) >= 11 is 0. The lowest BCUT2D eigenvalue weighted by molar-refractivity contribution is 1.58. The smallest absolute Gasteiger partial charge is 0.0622 e. The van der Waals surface area contributed by atoms with Gasteiger partial charge in [0.15, 0.2) is 0 Å². The standard InChI is InChI=1S/C30H26Si/c1-31(2)29(25-19-11-5-12-20-25)27(23-15-7-3-8-16-23)28(24-17-9-4-10-18-24)30(31)26-21-13-6-14-22-26/h3-22H,1-2H3. The predicted octanol–water partition coefficient (Wildman–Crippen LogP) is 8.01. The molecule has 0 radical (unpaired) electrons. The molecular weight excluding hydrogens is 388 g/mol. The van der Waals surface area contributed by atoms with Crippen molar-refractivity contribution in [1.29, 1.82) is 0 Å². The maximum Gasteiger partial charge on any atom is 0.115 e. The molecule has 0 spiro atoms. The van der Waals surface area contributed by atoms with Gasteiger partial charge < -0.3 is 0 Å². The molecule has 0 aliphatic carbocycles. The average Bonchev–Trinajstić information content (AvgIpc) is 3.08. The molecule has 0 atom stereocenters. The van der Waals surface area contributed by atoms with Crippen molar-refractivity contribution in [1.82, 2.24) is 0 Å². The Morgan fingerprint density at radius 1 is 0.355 bits per heavy atom. The molecule has 31 heavy (non-hydrogen) atoms. The van der Waals surface area contributed by atoms with E-state index < -0.39 is 8.07 Å². The zero-order chi connectivity index (χ0) is 21.3. The van der Waals surface area contributed by atoms with Gasteiger partial charge in [-0.05, 0) is 43.8 Å². The Bertz CT molecular complexity index is 1150. The third kappa shape index (κ3) is 3.41. The van der Waals surface area contributed by atoms with Crippen molar-refractivity contribution in [2.24, 2.45) is 0 Å². The van der Waals surface area contributed by atoms with E-state index in [0.717, 1.165) is 0 Å². The lowest BCUT2D eigenvalue weighted by Gasteiger charge is -2.26. The number of rotatable bonds is 4. The summed E-state index contributed by atoms with van der Waals surface area (Å²) in [7, 11) is -2.01. The topological polar surface area (TPSA) is 0 Å². The third-order valence-corrected chi connectivity index (χ3v) is 9.83. The van der Waals surface area contributed by atoms with Gasteiger partial charge in [0.1, 0.15) is 8.07 Å². The van der Waals surface area contributed by atoms with Crippen molar-refractivity contribution in [3.63, 3.8) is 0 Å². The molecule has 0 N–H and O–H groups in total. The van der Waals surface area contributed by atoms with Gasteiger partial charge in [0, 0.05) is 0 Å². The summed E-state index contributed by atoms with van der Waals surface area (Å²) < 4.78 is 0. The summed E-state index contributed by atoms with van der Waals surface area (Å²) in [5, 5.41) is 3.05. The first kappa shape index (κ1) is 19.5. The second-order valence-electron chi connectivity index (χ2n) is 8.59. The highest BCUT2D eigenvalue weighted by Gasteiger charge is 2.43. The number of hydrogen-bond donors (Lipinski definition) is 0. The van der Waals surface area contributed by atoms with Crippen LogP contribution in [0.25, 0.3) is 21.5 Å². The highest BCUT2D eigenvalue weighted by atomic mass is 28.3. The minimum absolute atomic E-state index is 1.30. The van der Waals surface area contributed by atoms with Gasteiger partial charge in [0.25, 0.3) is 0 Å². The molecule has 5 rings (SSSR count). The van der Waals surface area contributed by atoms with Gasteiger partial charge in [-0.15, -0.1) is 0 Å². The zero-order valence-corrected chi connectivity index (χ0v) is 19.0. The van der Waals surface area contributed by atoms with Crippen molar-refractivity contribution in [2.75, 3.05) is 0 Å². The lowest BCUT2D eigenvalue weighted by Crippen LogP contribution is -2.28. The highest BCUT2D eigenvalue weighted by Crippen LogP contribution is 2.55. The third-order valence-electron chi connectivity index (χ3n) is 6.25. The molecule has 0 saturated heterocycles. The van der Waals surface area contributed by atoms with Gasteiger partial charge in [0.2, 0.25) is 0 Å². The Morgan fingerprint density at radius 2 is 0.613 bits per heavy atom. The number of benzene rings is 4. The maximum atomic E-state index is 2.51. The van der Waals surface area contributed by atoms with E-state index in [4.69, 9.17) is 0 Å². The first-order chi connectivity index (χ1) is 15.2. The fourth-order valence-electron chi connectivity index (χ4n) is 5.01. The van der Waals surface area contributed by atoms with E-state index in [2.05, 4.69) is 134 Å². The molecule has 0 nitrogen and oxygen atoms in total. The van der Waals surface area contributed by atoms with Crippen molar-refractivity contribution in [3.05, 3.63) is 144 Å². The normalized spacial score (nSPS) is 15.4. The lowest BCUT2D eigenvalue weighted by atomic mass is 9.89. The van der Waals surface area contributed by atoms with Crippen molar-refractivity contribution >= 4 is 29.6 Å². The van der Waals surface area contributed by atoms with Crippen LogP contribution in [0, 0.1) is 0 Å². The van der Waals surface area contributed by atoms with E-state index in [-0.39, 0.29) is 0 Å². The van der Waals surface area contributed by atoms with Gasteiger partial charge in [-0.3, -0.25) is 0 Å². The van der Waals surface area contributed by atoms with Crippen molar-refractivity contribution in [2.45, 2.75) is 13.1 Å². The summed E-state index contributed by atoms with van der Waals surface area (Å²) in [5.41, 5.74) is 8.08. The summed E-state index contributed by atoms with van der Waals surface area (Å²) in [5.74, 6) is 0. The van der Waals surface area contributed by atoms with Crippen LogP contribution >= 0.6 is 0 Å². The number of allylic oxidation sites excluding steroid dienone is 2. The van der Waals surface area contributed by atoms with Crippen LogP contribution in [0.1, 0.15) is 22.3 Å². The van der Waals surface area contributed by atoms with E-state index in [1.807, 2.05) is 0 Å².